The zero-order chi connectivity index (χ0) is 14.2. The number of nitrogens with zero attached hydrogens (tertiary/aromatic N) is 2. The van der Waals surface area contributed by atoms with E-state index in [1.54, 1.807) is 0 Å². The van der Waals surface area contributed by atoms with Gasteiger partial charge >= 0.3 is 5.69 Å². The Kier molecular flexibility index (Phi) is 3.85. The van der Waals surface area contributed by atoms with Crippen molar-refractivity contribution in [2.45, 2.75) is 37.9 Å². The molecule has 0 bridgehead atoms. The normalized spacial score (nSPS) is 28.5. The second-order valence-corrected chi connectivity index (χ2v) is 4.56. The Morgan fingerprint density at radius 2 is 2.37 bits per heavy atom. The topological polar surface area (TPSA) is 131 Å². The minimum Gasteiger partial charge on any atom is -0.394 e. The van der Waals surface area contributed by atoms with Crippen LogP contribution in [0.5, 0.6) is 0 Å². The molecule has 2 rings (SSSR count). The molecule has 1 fully saturated rings. The molecule has 8 heteroatoms. The molecule has 5 N–H and O–H groups in total. The van der Waals surface area contributed by atoms with Crippen molar-refractivity contribution in [1.29, 1.82) is 0 Å². The minimum absolute atomic E-state index is 0.0338. The summed E-state index contributed by atoms with van der Waals surface area (Å²) in [5.74, 6) is -0.0338. The van der Waals surface area contributed by atoms with E-state index in [-0.39, 0.29) is 18.8 Å². The smallest absolute Gasteiger partial charge is 0.351 e. The summed E-state index contributed by atoms with van der Waals surface area (Å²) >= 11 is 0. The average molecular weight is 271 g/mol. The van der Waals surface area contributed by atoms with Gasteiger partial charge in [-0.15, -0.1) is 0 Å². The third-order valence-electron chi connectivity index (χ3n) is 3.16. The van der Waals surface area contributed by atoms with Crippen LogP contribution in [0.25, 0.3) is 0 Å². The number of rotatable bonds is 3. The summed E-state index contributed by atoms with van der Waals surface area (Å²) in [5, 5.41) is 28.2. The summed E-state index contributed by atoms with van der Waals surface area (Å²) in [7, 11) is 0. The van der Waals surface area contributed by atoms with Crippen LogP contribution in [0.2, 0.25) is 0 Å². The van der Waals surface area contributed by atoms with E-state index in [0.717, 1.165) is 4.57 Å². The fraction of sp³-hybridized carbons (Fsp3) is 0.636. The van der Waals surface area contributed by atoms with Gasteiger partial charge in [0, 0.05) is 18.2 Å². The fourth-order valence-electron chi connectivity index (χ4n) is 2.07. The quantitative estimate of drug-likeness (QED) is 0.527. The second-order valence-electron chi connectivity index (χ2n) is 4.56. The van der Waals surface area contributed by atoms with E-state index in [1.807, 2.05) is 0 Å². The van der Waals surface area contributed by atoms with E-state index in [1.165, 1.54) is 13.1 Å². The lowest BCUT2D eigenvalue weighted by Gasteiger charge is -2.17. The highest BCUT2D eigenvalue weighted by atomic mass is 16.5. The van der Waals surface area contributed by atoms with Crippen molar-refractivity contribution < 1.29 is 20.1 Å². The van der Waals surface area contributed by atoms with Crippen molar-refractivity contribution >= 4 is 5.82 Å². The fourth-order valence-corrected chi connectivity index (χ4v) is 2.07. The molecule has 1 aromatic heterocycles. The lowest BCUT2D eigenvalue weighted by Crippen LogP contribution is -2.29. The van der Waals surface area contributed by atoms with Crippen molar-refractivity contribution in [1.82, 2.24) is 9.55 Å². The zero-order valence-electron chi connectivity index (χ0n) is 10.4. The first kappa shape index (κ1) is 13.9. The molecule has 0 unspecified atom stereocenters. The van der Waals surface area contributed by atoms with Gasteiger partial charge in [-0.25, -0.2) is 4.79 Å². The Hall–Kier alpha value is -1.48. The first-order chi connectivity index (χ1) is 8.93. The zero-order valence-corrected chi connectivity index (χ0v) is 10.4. The molecule has 106 valence electrons. The molecule has 8 nitrogen and oxygen atoms in total. The van der Waals surface area contributed by atoms with Gasteiger partial charge in [-0.3, -0.25) is 4.57 Å². The lowest BCUT2D eigenvalue weighted by atomic mass is 10.2. The standard InChI is InChI=1S/C11H17N3O5/c1-5(16)6-3-14(11(18)13-10(6)12)9-2-7(17)8(4-15)19-9/h3,5,7-9,15-17H,2,4H2,1H3,(H2,12,13,18)/t5-,7-,8+,9+/m0/s1. The Balaban J connectivity index is 2.36. The number of aromatic nitrogens is 2. The number of aliphatic hydroxyl groups is 3. The Labute approximate surface area is 109 Å². The van der Waals surface area contributed by atoms with Crippen molar-refractivity contribution in [3.05, 3.63) is 22.2 Å². The second kappa shape index (κ2) is 5.25. The highest BCUT2D eigenvalue weighted by Gasteiger charge is 2.35. The van der Waals surface area contributed by atoms with E-state index in [2.05, 4.69) is 4.98 Å². The average Bonchev–Trinajstić information content (AvgIpc) is 2.69. The summed E-state index contributed by atoms with van der Waals surface area (Å²) in [6.07, 6.45) is -1.66. The minimum atomic E-state index is -0.876. The molecule has 0 saturated carbocycles. The maximum atomic E-state index is 11.8. The summed E-state index contributed by atoms with van der Waals surface area (Å²) in [6.45, 7) is 1.17. The number of nitrogens with two attached hydrogens (primary N) is 1. The van der Waals surface area contributed by atoms with Crippen LogP contribution in [0.4, 0.5) is 5.82 Å². The van der Waals surface area contributed by atoms with E-state index in [0.29, 0.717) is 5.56 Å². The molecule has 0 aliphatic carbocycles. The summed E-state index contributed by atoms with van der Waals surface area (Å²) in [5.41, 5.74) is 5.24. The first-order valence-corrected chi connectivity index (χ1v) is 5.95. The molecule has 1 aliphatic heterocycles. The number of anilines is 1. The summed E-state index contributed by atoms with van der Waals surface area (Å²) in [6, 6.07) is 0. The Morgan fingerprint density at radius 3 is 2.89 bits per heavy atom. The summed E-state index contributed by atoms with van der Waals surface area (Å²) in [4.78, 5) is 15.4. The number of hydrogen-bond donors (Lipinski definition) is 4. The molecule has 0 aromatic carbocycles. The SMILES string of the molecule is C[C@H](O)c1cn([C@H]2C[C@H](O)[C@@H](CO)O2)c(=O)nc1N. The van der Waals surface area contributed by atoms with Gasteiger partial charge < -0.3 is 25.8 Å². The molecule has 0 spiro atoms. The molecule has 1 aromatic rings. The Morgan fingerprint density at radius 1 is 1.68 bits per heavy atom. The lowest BCUT2D eigenvalue weighted by molar-refractivity contribution is -0.0460. The van der Waals surface area contributed by atoms with Crippen LogP contribution in [0.1, 0.15) is 31.2 Å². The first-order valence-electron chi connectivity index (χ1n) is 5.95. The van der Waals surface area contributed by atoms with Crippen LogP contribution in [-0.2, 0) is 4.74 Å². The monoisotopic (exact) mass is 271 g/mol. The molecular weight excluding hydrogens is 254 g/mol. The molecule has 19 heavy (non-hydrogen) atoms. The third kappa shape index (κ3) is 2.61. The molecule has 2 heterocycles. The van der Waals surface area contributed by atoms with Gasteiger partial charge in [0.05, 0.1) is 18.8 Å². The van der Waals surface area contributed by atoms with Crippen LogP contribution in [0, 0.1) is 0 Å². The van der Waals surface area contributed by atoms with Gasteiger partial charge in [-0.1, -0.05) is 0 Å². The van der Waals surface area contributed by atoms with Crippen LogP contribution in [-0.4, -0.2) is 43.7 Å². The maximum absolute atomic E-state index is 11.8. The van der Waals surface area contributed by atoms with Crippen molar-refractivity contribution in [2.75, 3.05) is 12.3 Å². The van der Waals surface area contributed by atoms with Gasteiger partial charge in [-0.05, 0) is 6.92 Å². The van der Waals surface area contributed by atoms with Crippen LogP contribution < -0.4 is 11.4 Å². The number of hydrogen-bond acceptors (Lipinski definition) is 7. The maximum Gasteiger partial charge on any atom is 0.351 e. The van der Waals surface area contributed by atoms with Gasteiger partial charge in [-0.2, -0.15) is 4.98 Å². The summed E-state index contributed by atoms with van der Waals surface area (Å²) < 4.78 is 6.53. The van der Waals surface area contributed by atoms with Crippen LogP contribution in [0.3, 0.4) is 0 Å². The van der Waals surface area contributed by atoms with Gasteiger partial charge in [0.1, 0.15) is 18.1 Å². The largest absolute Gasteiger partial charge is 0.394 e. The molecule has 4 atom stereocenters. The molecule has 0 radical (unpaired) electrons. The van der Waals surface area contributed by atoms with E-state index < -0.39 is 30.2 Å². The number of aliphatic hydroxyl groups excluding tert-OH is 3. The van der Waals surface area contributed by atoms with E-state index in [4.69, 9.17) is 15.6 Å². The molecule has 1 aliphatic rings. The van der Waals surface area contributed by atoms with Gasteiger partial charge in [0.2, 0.25) is 0 Å². The van der Waals surface area contributed by atoms with Crippen LogP contribution in [0.15, 0.2) is 11.0 Å². The van der Waals surface area contributed by atoms with E-state index in [9.17, 15) is 15.0 Å². The van der Waals surface area contributed by atoms with Gasteiger partial charge in [0.15, 0.2) is 0 Å². The van der Waals surface area contributed by atoms with Crippen LogP contribution >= 0.6 is 0 Å². The van der Waals surface area contributed by atoms with Gasteiger partial charge in [0.25, 0.3) is 0 Å². The predicted molar refractivity (Wildman–Crippen MR) is 65.2 cm³/mol. The highest BCUT2D eigenvalue weighted by Crippen LogP contribution is 2.28. The number of ether oxygens (including phenoxy) is 1. The number of nitrogen functional groups attached to an aromatic ring is 1. The molecular formula is C11H17N3O5. The third-order valence-corrected chi connectivity index (χ3v) is 3.16. The Bertz CT molecular complexity index is 516. The van der Waals surface area contributed by atoms with Crippen molar-refractivity contribution in [3.8, 4) is 0 Å². The highest BCUT2D eigenvalue weighted by molar-refractivity contribution is 5.38. The van der Waals surface area contributed by atoms with Crippen molar-refractivity contribution in [3.63, 3.8) is 0 Å². The molecule has 0 amide bonds. The predicted octanol–water partition coefficient (Wildman–Crippen LogP) is -1.48. The van der Waals surface area contributed by atoms with Crippen molar-refractivity contribution in [2.24, 2.45) is 0 Å². The molecule has 1 saturated heterocycles. The van der Waals surface area contributed by atoms with E-state index >= 15 is 0 Å².